The number of hydrogen-bond acceptors (Lipinski definition) is 7. The zero-order valence-electron chi connectivity index (χ0n) is 15.3. The van der Waals surface area contributed by atoms with E-state index >= 15 is 0 Å². The fraction of sp³-hybridized carbons (Fsp3) is 0.500. The second kappa shape index (κ2) is 7.24. The number of oxime groups is 1. The third-order valence-corrected chi connectivity index (χ3v) is 4.69. The molecule has 2 heterocycles. The number of benzene rings is 1. The lowest BCUT2D eigenvalue weighted by atomic mass is 9.94. The Morgan fingerprint density at radius 1 is 1.37 bits per heavy atom. The maximum absolute atomic E-state index is 13.4. The zero-order valence-corrected chi connectivity index (χ0v) is 15.3. The molecule has 0 spiro atoms. The molecule has 0 radical (unpaired) electrons. The van der Waals surface area contributed by atoms with Gasteiger partial charge in [0.05, 0.1) is 25.5 Å². The summed E-state index contributed by atoms with van der Waals surface area (Å²) in [7, 11) is 2.57. The number of esters is 1. The summed E-state index contributed by atoms with van der Waals surface area (Å²) >= 11 is 0. The van der Waals surface area contributed by atoms with E-state index in [1.807, 2.05) is 0 Å². The highest BCUT2D eigenvalue weighted by atomic mass is 19.1. The molecule has 2 aliphatic rings. The van der Waals surface area contributed by atoms with E-state index < -0.39 is 35.1 Å². The second-order valence-corrected chi connectivity index (χ2v) is 6.68. The van der Waals surface area contributed by atoms with Crippen molar-refractivity contribution >= 4 is 17.6 Å². The minimum Gasteiger partial charge on any atom is -0.465 e. The van der Waals surface area contributed by atoms with E-state index in [9.17, 15) is 14.0 Å². The van der Waals surface area contributed by atoms with Crippen molar-refractivity contribution in [3.05, 3.63) is 35.6 Å². The van der Waals surface area contributed by atoms with Gasteiger partial charge < -0.3 is 24.4 Å². The number of methoxy groups -OCH3 is 2. The standard InChI is InChI=1S/C18H21FN2O6/c1-17(9-14(21-27-17)11-5-4-6-12(19)7-11)15(22)20-13-8-18(25-3,26-10-13)16(23)24-2/h4-7,13H,8-10H2,1-3H3,(H,20,22)/t13?,17?,18-/m0/s1. The van der Waals surface area contributed by atoms with E-state index in [-0.39, 0.29) is 19.4 Å². The van der Waals surface area contributed by atoms with Gasteiger partial charge in [0.2, 0.25) is 5.60 Å². The summed E-state index contributed by atoms with van der Waals surface area (Å²) in [4.78, 5) is 30.0. The molecule has 3 rings (SSSR count). The summed E-state index contributed by atoms with van der Waals surface area (Å²) < 4.78 is 28.7. The van der Waals surface area contributed by atoms with Crippen LogP contribution in [0.2, 0.25) is 0 Å². The summed E-state index contributed by atoms with van der Waals surface area (Å²) in [6, 6.07) is 5.46. The highest BCUT2D eigenvalue weighted by Gasteiger charge is 2.51. The molecule has 146 valence electrons. The van der Waals surface area contributed by atoms with Crippen molar-refractivity contribution in [3.8, 4) is 0 Å². The van der Waals surface area contributed by atoms with Gasteiger partial charge in [-0.2, -0.15) is 0 Å². The van der Waals surface area contributed by atoms with Crippen molar-refractivity contribution in [1.82, 2.24) is 5.32 Å². The fourth-order valence-corrected chi connectivity index (χ4v) is 3.12. The van der Waals surface area contributed by atoms with Crippen LogP contribution in [0, 0.1) is 5.82 Å². The van der Waals surface area contributed by atoms with Crippen LogP contribution in [0.5, 0.6) is 0 Å². The number of carbonyl (C=O) groups excluding carboxylic acids is 2. The molecule has 27 heavy (non-hydrogen) atoms. The Balaban J connectivity index is 1.63. The molecule has 2 unspecified atom stereocenters. The van der Waals surface area contributed by atoms with E-state index in [2.05, 4.69) is 10.5 Å². The van der Waals surface area contributed by atoms with Crippen LogP contribution < -0.4 is 5.32 Å². The lowest BCUT2D eigenvalue weighted by Gasteiger charge is -2.24. The number of halogens is 1. The highest BCUT2D eigenvalue weighted by Crippen LogP contribution is 2.31. The predicted molar refractivity (Wildman–Crippen MR) is 91.3 cm³/mol. The molecular weight excluding hydrogens is 359 g/mol. The van der Waals surface area contributed by atoms with Gasteiger partial charge in [-0.15, -0.1) is 0 Å². The Morgan fingerprint density at radius 2 is 2.15 bits per heavy atom. The third-order valence-electron chi connectivity index (χ3n) is 4.69. The molecule has 9 heteroatoms. The van der Waals surface area contributed by atoms with Gasteiger partial charge >= 0.3 is 5.97 Å². The van der Waals surface area contributed by atoms with Crippen LogP contribution in [0.4, 0.5) is 4.39 Å². The predicted octanol–water partition coefficient (Wildman–Crippen LogP) is 1.13. The average Bonchev–Trinajstić information content (AvgIpc) is 3.26. The smallest absolute Gasteiger partial charge is 0.366 e. The van der Waals surface area contributed by atoms with Gasteiger partial charge in [0.1, 0.15) is 5.82 Å². The first-order chi connectivity index (χ1) is 12.8. The molecule has 1 aromatic rings. The lowest BCUT2D eigenvalue weighted by Crippen LogP contribution is -2.50. The maximum Gasteiger partial charge on any atom is 0.366 e. The van der Waals surface area contributed by atoms with Crippen LogP contribution in [0.1, 0.15) is 25.3 Å². The molecule has 1 N–H and O–H groups in total. The Morgan fingerprint density at radius 3 is 2.81 bits per heavy atom. The van der Waals surface area contributed by atoms with E-state index in [1.165, 1.54) is 26.4 Å². The quantitative estimate of drug-likeness (QED) is 0.770. The minimum absolute atomic E-state index is 0.0857. The van der Waals surface area contributed by atoms with E-state index in [0.29, 0.717) is 11.3 Å². The van der Waals surface area contributed by atoms with Crippen LogP contribution in [0.25, 0.3) is 0 Å². The number of amides is 1. The average molecular weight is 380 g/mol. The summed E-state index contributed by atoms with van der Waals surface area (Å²) in [6.45, 7) is 1.68. The van der Waals surface area contributed by atoms with Gasteiger partial charge in [-0.3, -0.25) is 4.79 Å². The molecule has 3 atom stereocenters. The first kappa shape index (κ1) is 19.2. The molecule has 1 saturated heterocycles. The fourth-order valence-electron chi connectivity index (χ4n) is 3.12. The topological polar surface area (TPSA) is 95.5 Å². The van der Waals surface area contributed by atoms with Crippen LogP contribution in [0.15, 0.2) is 29.4 Å². The summed E-state index contributed by atoms with van der Waals surface area (Å²) in [5.41, 5.74) is -0.207. The SMILES string of the molecule is COC(=O)[C@]1(OC)CC(NC(=O)C2(C)CC(c3cccc(F)c3)=NO2)CO1. The Hall–Kier alpha value is -2.52. The van der Waals surface area contributed by atoms with Gasteiger partial charge in [-0.1, -0.05) is 17.3 Å². The molecule has 1 fully saturated rings. The first-order valence-corrected chi connectivity index (χ1v) is 8.41. The van der Waals surface area contributed by atoms with E-state index in [0.717, 1.165) is 0 Å². The van der Waals surface area contributed by atoms with Crippen molar-refractivity contribution < 1.29 is 33.0 Å². The molecule has 0 aromatic heterocycles. The zero-order chi connectivity index (χ0) is 19.7. The van der Waals surface area contributed by atoms with Crippen molar-refractivity contribution in [3.63, 3.8) is 0 Å². The Kier molecular flexibility index (Phi) is 5.16. The van der Waals surface area contributed by atoms with Crippen molar-refractivity contribution in [2.24, 2.45) is 5.16 Å². The van der Waals surface area contributed by atoms with E-state index in [4.69, 9.17) is 19.0 Å². The molecule has 0 saturated carbocycles. The van der Waals surface area contributed by atoms with Gasteiger partial charge in [-0.05, 0) is 19.1 Å². The number of carbonyl (C=O) groups is 2. The van der Waals surface area contributed by atoms with E-state index in [1.54, 1.807) is 19.1 Å². The molecule has 1 aromatic carbocycles. The number of rotatable bonds is 5. The maximum atomic E-state index is 13.4. The van der Waals surface area contributed by atoms with Crippen LogP contribution in [-0.2, 0) is 28.6 Å². The molecule has 2 aliphatic heterocycles. The van der Waals surface area contributed by atoms with Crippen LogP contribution in [-0.4, -0.2) is 55.8 Å². The van der Waals surface area contributed by atoms with Gasteiger partial charge in [0.15, 0.2) is 0 Å². The Labute approximate surface area is 155 Å². The molecule has 0 aliphatic carbocycles. The van der Waals surface area contributed by atoms with Gasteiger partial charge in [0.25, 0.3) is 11.7 Å². The number of ether oxygens (including phenoxy) is 3. The molecule has 0 bridgehead atoms. The summed E-state index contributed by atoms with van der Waals surface area (Å²) in [5.74, 6) is -3.01. The minimum atomic E-state index is -1.53. The Bertz CT molecular complexity index is 785. The highest BCUT2D eigenvalue weighted by molar-refractivity contribution is 6.05. The number of nitrogens with zero attached hydrogens (tertiary/aromatic N) is 1. The second-order valence-electron chi connectivity index (χ2n) is 6.68. The van der Waals surface area contributed by atoms with Crippen molar-refractivity contribution in [1.29, 1.82) is 0 Å². The summed E-state index contributed by atoms with van der Waals surface area (Å²) in [5, 5.41) is 6.73. The van der Waals surface area contributed by atoms with Crippen molar-refractivity contribution in [2.75, 3.05) is 20.8 Å². The first-order valence-electron chi connectivity index (χ1n) is 8.41. The number of nitrogens with one attached hydrogen (secondary N) is 1. The van der Waals surface area contributed by atoms with Crippen molar-refractivity contribution in [2.45, 2.75) is 37.2 Å². The monoisotopic (exact) mass is 380 g/mol. The van der Waals surface area contributed by atoms with Crippen LogP contribution in [0.3, 0.4) is 0 Å². The molecule has 1 amide bonds. The van der Waals surface area contributed by atoms with Crippen LogP contribution >= 0.6 is 0 Å². The summed E-state index contributed by atoms with van der Waals surface area (Å²) in [6.07, 6.45) is 0.290. The molecule has 8 nitrogen and oxygen atoms in total. The number of hydrogen-bond donors (Lipinski definition) is 1. The molecular formula is C18H21FN2O6. The normalized spacial score (nSPS) is 29.8. The largest absolute Gasteiger partial charge is 0.465 e. The lowest BCUT2D eigenvalue weighted by molar-refractivity contribution is -0.220. The van der Waals surface area contributed by atoms with Gasteiger partial charge in [0, 0.05) is 25.5 Å². The third kappa shape index (κ3) is 3.65. The van der Waals surface area contributed by atoms with Gasteiger partial charge in [-0.25, -0.2) is 9.18 Å².